The maximum absolute atomic E-state index is 4.29. The van der Waals surface area contributed by atoms with Crippen molar-refractivity contribution in [3.05, 3.63) is 78.1 Å². The predicted molar refractivity (Wildman–Crippen MR) is 74.5 cm³/mol. The van der Waals surface area contributed by atoms with Crippen LogP contribution in [0.1, 0.15) is 11.1 Å². The molecule has 92 valence electrons. The highest BCUT2D eigenvalue weighted by molar-refractivity contribution is 5.53. The molecule has 0 fully saturated rings. The maximum Gasteiger partial charge on any atom is 0.112 e. The van der Waals surface area contributed by atoms with Crippen molar-refractivity contribution in [2.75, 3.05) is 0 Å². The summed E-state index contributed by atoms with van der Waals surface area (Å²) in [5, 5.41) is 8.21. The van der Waals surface area contributed by atoms with Gasteiger partial charge in [-0.25, -0.2) is 0 Å². The molecule has 1 aromatic carbocycles. The molecule has 3 aromatic rings. The molecule has 3 heteroatoms. The Labute approximate surface area is 112 Å². The van der Waals surface area contributed by atoms with Gasteiger partial charge in [0.1, 0.15) is 5.69 Å². The molecular formula is C16H13N3. The van der Waals surface area contributed by atoms with Crippen LogP contribution in [0.5, 0.6) is 0 Å². The van der Waals surface area contributed by atoms with Gasteiger partial charge in [-0.2, -0.15) is 5.10 Å². The van der Waals surface area contributed by atoms with E-state index in [4.69, 9.17) is 0 Å². The molecule has 0 aliphatic heterocycles. The molecule has 0 atom stereocenters. The number of nitrogens with zero attached hydrogens (tertiary/aromatic N) is 3. The summed E-state index contributed by atoms with van der Waals surface area (Å²) < 4.78 is 0. The fourth-order valence-corrected chi connectivity index (χ4v) is 1.97. The lowest BCUT2D eigenvalue weighted by molar-refractivity contribution is 0.994. The maximum atomic E-state index is 4.29. The first-order valence-electron chi connectivity index (χ1n) is 6.19. The van der Waals surface area contributed by atoms with Crippen molar-refractivity contribution >= 4 is 0 Å². The Morgan fingerprint density at radius 1 is 0.789 bits per heavy atom. The third kappa shape index (κ3) is 2.83. The van der Waals surface area contributed by atoms with E-state index < -0.39 is 0 Å². The third-order valence-electron chi connectivity index (χ3n) is 2.89. The Hall–Kier alpha value is -2.55. The Balaban J connectivity index is 1.89. The number of aromatic nitrogens is 3. The van der Waals surface area contributed by atoms with Gasteiger partial charge in [0.2, 0.25) is 0 Å². The Bertz CT molecular complexity index is 651. The minimum atomic E-state index is 0.814. The van der Waals surface area contributed by atoms with E-state index >= 15 is 0 Å². The highest BCUT2D eigenvalue weighted by Gasteiger charge is 2.03. The first-order valence-corrected chi connectivity index (χ1v) is 6.19. The van der Waals surface area contributed by atoms with Crippen LogP contribution in [0.2, 0.25) is 0 Å². The van der Waals surface area contributed by atoms with Crippen molar-refractivity contribution in [2.45, 2.75) is 6.42 Å². The molecule has 0 radical (unpaired) electrons. The molecule has 0 N–H and O–H groups in total. The number of rotatable bonds is 3. The Morgan fingerprint density at radius 3 is 2.42 bits per heavy atom. The van der Waals surface area contributed by atoms with Gasteiger partial charge >= 0.3 is 0 Å². The van der Waals surface area contributed by atoms with Gasteiger partial charge in [-0.1, -0.05) is 36.4 Å². The van der Waals surface area contributed by atoms with Crippen molar-refractivity contribution in [1.29, 1.82) is 0 Å². The van der Waals surface area contributed by atoms with Crippen LogP contribution in [0.3, 0.4) is 0 Å². The van der Waals surface area contributed by atoms with Crippen molar-refractivity contribution in [2.24, 2.45) is 0 Å². The predicted octanol–water partition coefficient (Wildman–Crippen LogP) is 3.13. The highest BCUT2D eigenvalue weighted by Crippen LogP contribution is 2.15. The third-order valence-corrected chi connectivity index (χ3v) is 2.89. The minimum Gasteiger partial charge on any atom is -0.255 e. The van der Waals surface area contributed by atoms with Crippen LogP contribution in [-0.4, -0.2) is 15.2 Å². The van der Waals surface area contributed by atoms with E-state index in [9.17, 15) is 0 Å². The van der Waals surface area contributed by atoms with E-state index in [-0.39, 0.29) is 0 Å². The van der Waals surface area contributed by atoms with Gasteiger partial charge in [0, 0.05) is 6.20 Å². The van der Waals surface area contributed by atoms with Gasteiger partial charge in [0.25, 0.3) is 0 Å². The first-order chi connectivity index (χ1) is 9.42. The summed E-state index contributed by atoms with van der Waals surface area (Å²) in [6.45, 7) is 0. The molecule has 19 heavy (non-hydrogen) atoms. The van der Waals surface area contributed by atoms with E-state index in [2.05, 4.69) is 27.3 Å². The Kier molecular flexibility index (Phi) is 3.28. The molecule has 0 saturated heterocycles. The van der Waals surface area contributed by atoms with Crippen LogP contribution >= 0.6 is 0 Å². The molecule has 0 saturated carbocycles. The summed E-state index contributed by atoms with van der Waals surface area (Å²) in [5.74, 6) is 0. The van der Waals surface area contributed by atoms with Crippen LogP contribution in [0.4, 0.5) is 0 Å². The van der Waals surface area contributed by atoms with E-state index in [0.29, 0.717) is 0 Å². The summed E-state index contributed by atoms with van der Waals surface area (Å²) in [7, 11) is 0. The van der Waals surface area contributed by atoms with Crippen LogP contribution in [0, 0.1) is 0 Å². The summed E-state index contributed by atoms with van der Waals surface area (Å²) in [6.07, 6.45) is 4.43. The van der Waals surface area contributed by atoms with Crippen molar-refractivity contribution in [3.8, 4) is 11.4 Å². The second kappa shape index (κ2) is 5.40. The van der Waals surface area contributed by atoms with E-state index in [0.717, 1.165) is 23.4 Å². The van der Waals surface area contributed by atoms with Crippen molar-refractivity contribution < 1.29 is 0 Å². The molecule has 0 aliphatic carbocycles. The summed E-state index contributed by atoms with van der Waals surface area (Å²) in [5.41, 5.74) is 4.07. The molecule has 0 amide bonds. The van der Waals surface area contributed by atoms with Crippen LogP contribution in [0.15, 0.2) is 67.0 Å². The number of hydrogen-bond donors (Lipinski definition) is 0. The molecular weight excluding hydrogens is 234 g/mol. The van der Waals surface area contributed by atoms with Gasteiger partial charge in [0.05, 0.1) is 11.9 Å². The monoisotopic (exact) mass is 247 g/mol. The minimum absolute atomic E-state index is 0.814. The normalized spacial score (nSPS) is 10.3. The number of hydrogen-bond acceptors (Lipinski definition) is 3. The fraction of sp³-hybridized carbons (Fsp3) is 0.0625. The van der Waals surface area contributed by atoms with Gasteiger partial charge < -0.3 is 0 Å². The number of benzene rings is 1. The lowest BCUT2D eigenvalue weighted by atomic mass is 10.1. The van der Waals surface area contributed by atoms with Gasteiger partial charge in [-0.05, 0) is 35.7 Å². The second-order valence-corrected chi connectivity index (χ2v) is 4.33. The quantitative estimate of drug-likeness (QED) is 0.713. The zero-order chi connectivity index (χ0) is 12.9. The van der Waals surface area contributed by atoms with Gasteiger partial charge in [-0.15, -0.1) is 5.10 Å². The van der Waals surface area contributed by atoms with Gasteiger partial charge in [-0.3, -0.25) is 4.98 Å². The molecule has 0 spiro atoms. The molecule has 0 bridgehead atoms. The van der Waals surface area contributed by atoms with Gasteiger partial charge in [0.15, 0.2) is 0 Å². The molecule has 2 heterocycles. The lowest BCUT2D eigenvalue weighted by Crippen LogP contribution is -1.94. The van der Waals surface area contributed by atoms with Crippen molar-refractivity contribution in [3.63, 3.8) is 0 Å². The summed E-state index contributed by atoms with van der Waals surface area (Å²) >= 11 is 0. The molecule has 3 nitrogen and oxygen atoms in total. The highest BCUT2D eigenvalue weighted by atomic mass is 15.1. The zero-order valence-corrected chi connectivity index (χ0v) is 10.4. The molecule has 0 unspecified atom stereocenters. The molecule has 2 aromatic heterocycles. The zero-order valence-electron chi connectivity index (χ0n) is 10.4. The average molecular weight is 247 g/mol. The smallest absolute Gasteiger partial charge is 0.112 e. The first kappa shape index (κ1) is 11.5. The molecule has 3 rings (SSSR count). The summed E-state index contributed by atoms with van der Waals surface area (Å²) in [6, 6.07) is 18.2. The largest absolute Gasteiger partial charge is 0.255 e. The van der Waals surface area contributed by atoms with Crippen LogP contribution < -0.4 is 0 Å². The van der Waals surface area contributed by atoms with Crippen LogP contribution in [-0.2, 0) is 6.42 Å². The lowest BCUT2D eigenvalue weighted by Gasteiger charge is -2.03. The molecule has 0 aliphatic rings. The standard InChI is InChI=1S/C16H13N3/c1-2-6-13(7-3-1)10-14-11-16(19-18-12-14)15-8-4-5-9-17-15/h1-9,11-12H,10H2. The Morgan fingerprint density at radius 2 is 1.63 bits per heavy atom. The topological polar surface area (TPSA) is 38.7 Å². The average Bonchev–Trinajstić information content (AvgIpc) is 2.49. The van der Waals surface area contributed by atoms with E-state index in [1.807, 2.05) is 42.5 Å². The fourth-order valence-electron chi connectivity index (χ4n) is 1.97. The summed E-state index contributed by atoms with van der Waals surface area (Å²) in [4.78, 5) is 4.29. The van der Waals surface area contributed by atoms with Crippen LogP contribution in [0.25, 0.3) is 11.4 Å². The van der Waals surface area contributed by atoms with Crippen molar-refractivity contribution in [1.82, 2.24) is 15.2 Å². The number of pyridine rings is 1. The van der Waals surface area contributed by atoms with E-state index in [1.165, 1.54) is 5.56 Å². The second-order valence-electron chi connectivity index (χ2n) is 4.33. The van der Waals surface area contributed by atoms with E-state index in [1.54, 1.807) is 12.4 Å². The SMILES string of the molecule is c1ccc(Cc2cnnc(-c3ccccn3)c2)cc1.